The van der Waals surface area contributed by atoms with Gasteiger partial charge in [-0.05, 0) is 30.4 Å². The van der Waals surface area contributed by atoms with Gasteiger partial charge < -0.3 is 10.1 Å². The van der Waals surface area contributed by atoms with E-state index in [-0.39, 0.29) is 12.5 Å². The van der Waals surface area contributed by atoms with E-state index in [9.17, 15) is 9.59 Å². The molecule has 0 aromatic heterocycles. The topological polar surface area (TPSA) is 55.4 Å². The molecule has 0 unspecified atom stereocenters. The molecule has 0 aliphatic rings. The van der Waals surface area contributed by atoms with Crippen LogP contribution < -0.4 is 5.32 Å². The molecule has 0 atom stereocenters. The lowest BCUT2D eigenvalue weighted by atomic mass is 10.0. The van der Waals surface area contributed by atoms with Gasteiger partial charge in [-0.25, -0.2) is 4.79 Å². The van der Waals surface area contributed by atoms with E-state index < -0.39 is 5.97 Å². The van der Waals surface area contributed by atoms with Gasteiger partial charge in [0.05, 0.1) is 0 Å². The van der Waals surface area contributed by atoms with Gasteiger partial charge in [-0.3, -0.25) is 4.79 Å². The Bertz CT molecular complexity index is 489. The van der Waals surface area contributed by atoms with Gasteiger partial charge in [0.15, 0.2) is 6.61 Å². The van der Waals surface area contributed by atoms with Crippen LogP contribution in [0.25, 0.3) is 0 Å². The highest BCUT2D eigenvalue weighted by molar-refractivity contribution is 5.85. The summed E-state index contributed by atoms with van der Waals surface area (Å²) >= 11 is 0. The SMILES string of the molecule is C/C=C/C(=O)OCC(=O)NCCc1ccc(C(C)C)cc1. The number of ether oxygens (including phenoxy) is 1. The first-order valence-corrected chi connectivity index (χ1v) is 7.18. The maximum absolute atomic E-state index is 11.5. The molecule has 0 heterocycles. The second-order valence-corrected chi connectivity index (χ2v) is 5.10. The van der Waals surface area contributed by atoms with Gasteiger partial charge in [0, 0.05) is 12.6 Å². The number of carbonyl (C=O) groups is 2. The molecule has 1 aromatic rings. The summed E-state index contributed by atoms with van der Waals surface area (Å²) in [5.74, 6) is -0.269. The van der Waals surface area contributed by atoms with Gasteiger partial charge in [-0.2, -0.15) is 0 Å². The first kappa shape index (κ1) is 17.0. The van der Waals surface area contributed by atoms with Crippen molar-refractivity contribution < 1.29 is 14.3 Å². The van der Waals surface area contributed by atoms with Crippen LogP contribution in [-0.2, 0) is 20.7 Å². The van der Waals surface area contributed by atoms with Gasteiger partial charge >= 0.3 is 5.97 Å². The summed E-state index contributed by atoms with van der Waals surface area (Å²) in [5, 5.41) is 2.73. The molecule has 1 rings (SSSR count). The van der Waals surface area contributed by atoms with Crippen LogP contribution in [-0.4, -0.2) is 25.0 Å². The third-order valence-electron chi connectivity index (χ3n) is 3.03. The normalized spacial score (nSPS) is 10.9. The smallest absolute Gasteiger partial charge is 0.330 e. The highest BCUT2D eigenvalue weighted by atomic mass is 16.5. The number of hydrogen-bond acceptors (Lipinski definition) is 3. The summed E-state index contributed by atoms with van der Waals surface area (Å²) < 4.78 is 4.75. The average Bonchev–Trinajstić information content (AvgIpc) is 2.46. The van der Waals surface area contributed by atoms with Crippen LogP contribution >= 0.6 is 0 Å². The maximum Gasteiger partial charge on any atom is 0.330 e. The van der Waals surface area contributed by atoms with Crippen LogP contribution in [0, 0.1) is 0 Å². The standard InChI is InChI=1S/C17H23NO3/c1-4-5-17(20)21-12-16(19)18-11-10-14-6-8-15(9-7-14)13(2)3/h4-9,13H,10-12H2,1-3H3,(H,18,19)/b5-4+. The van der Waals surface area contributed by atoms with E-state index in [2.05, 4.69) is 43.4 Å². The van der Waals surface area contributed by atoms with E-state index >= 15 is 0 Å². The zero-order valence-electron chi connectivity index (χ0n) is 12.9. The number of benzene rings is 1. The van der Waals surface area contributed by atoms with Crippen LogP contribution in [0.2, 0.25) is 0 Å². The third kappa shape index (κ3) is 6.75. The van der Waals surface area contributed by atoms with E-state index in [4.69, 9.17) is 4.74 Å². The van der Waals surface area contributed by atoms with E-state index in [1.165, 1.54) is 17.2 Å². The van der Waals surface area contributed by atoms with Crippen molar-refractivity contribution in [3.8, 4) is 0 Å². The Balaban J connectivity index is 2.26. The van der Waals surface area contributed by atoms with Gasteiger partial charge in [-0.1, -0.05) is 44.2 Å². The predicted octanol–water partition coefficient (Wildman–Crippen LogP) is 2.59. The van der Waals surface area contributed by atoms with E-state index in [1.54, 1.807) is 13.0 Å². The van der Waals surface area contributed by atoms with Crippen LogP contribution in [0.5, 0.6) is 0 Å². The van der Waals surface area contributed by atoms with Gasteiger partial charge in [0.25, 0.3) is 5.91 Å². The first-order valence-electron chi connectivity index (χ1n) is 7.18. The molecule has 0 saturated carbocycles. The van der Waals surface area contributed by atoms with Crippen LogP contribution in [0.4, 0.5) is 0 Å². The van der Waals surface area contributed by atoms with Crippen molar-refractivity contribution in [3.05, 3.63) is 47.5 Å². The maximum atomic E-state index is 11.5. The van der Waals surface area contributed by atoms with E-state index in [0.717, 1.165) is 6.42 Å². The fourth-order valence-corrected chi connectivity index (χ4v) is 1.79. The minimum absolute atomic E-state index is 0.241. The number of esters is 1. The molecule has 1 aromatic carbocycles. The minimum Gasteiger partial charge on any atom is -0.452 e. The van der Waals surface area contributed by atoms with Gasteiger partial charge in [-0.15, -0.1) is 0 Å². The number of hydrogen-bond donors (Lipinski definition) is 1. The number of nitrogens with one attached hydrogen (secondary N) is 1. The zero-order valence-corrected chi connectivity index (χ0v) is 12.9. The Morgan fingerprint density at radius 1 is 1.24 bits per heavy atom. The minimum atomic E-state index is -0.503. The van der Waals surface area contributed by atoms with Crippen molar-refractivity contribution in [3.63, 3.8) is 0 Å². The highest BCUT2D eigenvalue weighted by Gasteiger charge is 2.04. The lowest BCUT2D eigenvalue weighted by Gasteiger charge is -2.08. The second kappa shape index (κ2) is 8.95. The Labute approximate surface area is 126 Å². The summed E-state index contributed by atoms with van der Waals surface area (Å²) in [6.45, 7) is 6.32. The molecule has 0 aliphatic carbocycles. The van der Waals surface area contributed by atoms with E-state index in [0.29, 0.717) is 12.5 Å². The third-order valence-corrected chi connectivity index (χ3v) is 3.03. The van der Waals surface area contributed by atoms with Crippen molar-refractivity contribution in [2.24, 2.45) is 0 Å². The lowest BCUT2D eigenvalue weighted by molar-refractivity contribution is -0.143. The monoisotopic (exact) mass is 289 g/mol. The molecule has 1 N–H and O–H groups in total. The molecule has 0 aliphatic heterocycles. The molecule has 0 spiro atoms. The Hall–Kier alpha value is -2.10. The Kier molecular flexibility index (Phi) is 7.23. The molecule has 0 radical (unpaired) electrons. The zero-order chi connectivity index (χ0) is 15.7. The number of carbonyl (C=O) groups excluding carboxylic acids is 2. The summed E-state index contributed by atoms with van der Waals surface area (Å²) in [5.41, 5.74) is 2.48. The van der Waals surface area contributed by atoms with Crippen molar-refractivity contribution >= 4 is 11.9 Å². The Morgan fingerprint density at radius 3 is 2.48 bits per heavy atom. The van der Waals surface area contributed by atoms with Crippen molar-refractivity contribution in [2.45, 2.75) is 33.1 Å². The quantitative estimate of drug-likeness (QED) is 0.620. The fraction of sp³-hybridized carbons (Fsp3) is 0.412. The number of rotatable bonds is 7. The first-order chi connectivity index (χ1) is 10.0. The lowest BCUT2D eigenvalue weighted by Crippen LogP contribution is -2.30. The van der Waals surface area contributed by atoms with Crippen molar-refractivity contribution in [2.75, 3.05) is 13.2 Å². The fourth-order valence-electron chi connectivity index (χ4n) is 1.79. The van der Waals surface area contributed by atoms with Crippen LogP contribution in [0.15, 0.2) is 36.4 Å². The molecule has 0 bridgehead atoms. The molecular weight excluding hydrogens is 266 g/mol. The predicted molar refractivity (Wildman–Crippen MR) is 83.0 cm³/mol. The largest absolute Gasteiger partial charge is 0.452 e. The molecule has 0 saturated heterocycles. The van der Waals surface area contributed by atoms with Crippen molar-refractivity contribution in [1.82, 2.24) is 5.32 Å². The molecule has 0 fully saturated rings. The van der Waals surface area contributed by atoms with Crippen LogP contribution in [0.3, 0.4) is 0 Å². The molecule has 21 heavy (non-hydrogen) atoms. The molecule has 4 heteroatoms. The van der Waals surface area contributed by atoms with Crippen molar-refractivity contribution in [1.29, 1.82) is 0 Å². The summed E-state index contributed by atoms with van der Waals surface area (Å²) in [6.07, 6.45) is 3.61. The number of allylic oxidation sites excluding steroid dienone is 1. The Morgan fingerprint density at radius 2 is 1.90 bits per heavy atom. The molecule has 4 nitrogen and oxygen atoms in total. The number of amides is 1. The van der Waals surface area contributed by atoms with E-state index in [1.807, 2.05) is 0 Å². The summed E-state index contributed by atoms with van der Waals surface area (Å²) in [7, 11) is 0. The summed E-state index contributed by atoms with van der Waals surface area (Å²) in [4.78, 5) is 22.5. The molecular formula is C17H23NO3. The van der Waals surface area contributed by atoms with Crippen LogP contribution in [0.1, 0.15) is 37.8 Å². The average molecular weight is 289 g/mol. The second-order valence-electron chi connectivity index (χ2n) is 5.10. The molecule has 1 amide bonds. The molecule has 114 valence electrons. The van der Waals surface area contributed by atoms with Gasteiger partial charge in [0.1, 0.15) is 0 Å². The summed E-state index contributed by atoms with van der Waals surface area (Å²) in [6, 6.07) is 8.38. The van der Waals surface area contributed by atoms with Gasteiger partial charge in [0.2, 0.25) is 0 Å². The highest BCUT2D eigenvalue weighted by Crippen LogP contribution is 2.14.